The highest BCUT2D eigenvalue weighted by Gasteiger charge is 2.26. The van der Waals surface area contributed by atoms with E-state index in [2.05, 4.69) is 50.3 Å². The standard InChI is InChI=1S/C51H96NO8P/c1-3-5-7-9-11-13-15-17-19-21-23-24-26-27-29-31-33-35-37-39-41-43-50(53)57-47-49(48-59-61(55,56)58-46-45-52)60-51(54)44-42-40-38-36-34-32-30-28-25-22-20-18-16-14-12-10-8-6-4-2/h12,14,17-20,49H,3-11,13,15-16,21-48,52H2,1-2H3,(H,55,56)/b14-12+,19-17+,20-18+/t49-/m1/s1. The molecule has 0 aliphatic rings. The van der Waals surface area contributed by atoms with Gasteiger partial charge in [0.25, 0.3) is 0 Å². The van der Waals surface area contributed by atoms with Crippen molar-refractivity contribution in [3.8, 4) is 0 Å². The Morgan fingerprint density at radius 3 is 1.30 bits per heavy atom. The first kappa shape index (κ1) is 59.2. The molecule has 0 saturated carbocycles. The molecule has 0 radical (unpaired) electrons. The van der Waals surface area contributed by atoms with Gasteiger partial charge in [-0.2, -0.15) is 0 Å². The molecule has 0 aliphatic carbocycles. The van der Waals surface area contributed by atoms with Gasteiger partial charge in [0.2, 0.25) is 0 Å². The zero-order valence-corrected chi connectivity index (χ0v) is 40.5. The van der Waals surface area contributed by atoms with Gasteiger partial charge in [0.15, 0.2) is 6.10 Å². The second kappa shape index (κ2) is 47.7. The van der Waals surface area contributed by atoms with Crippen LogP contribution < -0.4 is 5.73 Å². The lowest BCUT2D eigenvalue weighted by Gasteiger charge is -2.19. The van der Waals surface area contributed by atoms with Gasteiger partial charge in [0.05, 0.1) is 13.2 Å². The average molecular weight is 882 g/mol. The number of hydrogen-bond donors (Lipinski definition) is 2. The Morgan fingerprint density at radius 1 is 0.492 bits per heavy atom. The minimum atomic E-state index is -4.38. The van der Waals surface area contributed by atoms with E-state index in [1.165, 1.54) is 161 Å². The average Bonchev–Trinajstić information content (AvgIpc) is 3.25. The molecule has 2 atom stereocenters. The second-order valence-electron chi connectivity index (χ2n) is 17.0. The van der Waals surface area contributed by atoms with E-state index in [1.807, 2.05) is 0 Å². The van der Waals surface area contributed by atoms with Crippen LogP contribution >= 0.6 is 7.82 Å². The molecule has 0 rings (SSSR count). The lowest BCUT2D eigenvalue weighted by molar-refractivity contribution is -0.161. The number of ether oxygens (including phenoxy) is 2. The first-order valence-corrected chi connectivity index (χ1v) is 27.0. The summed E-state index contributed by atoms with van der Waals surface area (Å²) in [7, 11) is -4.38. The number of unbranched alkanes of at least 4 members (excludes halogenated alkanes) is 29. The quantitative estimate of drug-likeness (QED) is 0.0265. The van der Waals surface area contributed by atoms with E-state index in [9.17, 15) is 19.0 Å². The van der Waals surface area contributed by atoms with Gasteiger partial charge in [-0.25, -0.2) is 4.57 Å². The Hall–Kier alpha value is -1.77. The highest BCUT2D eigenvalue weighted by molar-refractivity contribution is 7.47. The molecule has 10 heteroatoms. The van der Waals surface area contributed by atoms with E-state index in [1.54, 1.807) is 0 Å². The van der Waals surface area contributed by atoms with Crippen LogP contribution in [0.15, 0.2) is 36.5 Å². The van der Waals surface area contributed by atoms with Gasteiger partial charge in [-0.1, -0.05) is 198 Å². The summed E-state index contributed by atoms with van der Waals surface area (Å²) in [5.41, 5.74) is 5.37. The first-order chi connectivity index (χ1) is 29.8. The van der Waals surface area contributed by atoms with Crippen LogP contribution in [-0.2, 0) is 32.7 Å². The zero-order valence-electron chi connectivity index (χ0n) is 39.7. The molecule has 1 unspecified atom stereocenters. The van der Waals surface area contributed by atoms with Gasteiger partial charge in [0, 0.05) is 19.4 Å². The molecule has 0 aromatic heterocycles. The third-order valence-corrected chi connectivity index (χ3v) is 12.0. The summed E-state index contributed by atoms with van der Waals surface area (Å²) in [6.07, 6.45) is 54.6. The maximum Gasteiger partial charge on any atom is 0.472 e. The van der Waals surface area contributed by atoms with Crippen molar-refractivity contribution in [3.05, 3.63) is 36.5 Å². The highest BCUT2D eigenvalue weighted by atomic mass is 31.2. The number of carbonyl (C=O) groups excluding carboxylic acids is 2. The van der Waals surface area contributed by atoms with Gasteiger partial charge in [-0.15, -0.1) is 0 Å². The summed E-state index contributed by atoms with van der Waals surface area (Å²) in [6.45, 7) is 3.73. The summed E-state index contributed by atoms with van der Waals surface area (Å²) >= 11 is 0. The molecule has 0 amide bonds. The van der Waals surface area contributed by atoms with Crippen molar-refractivity contribution >= 4 is 19.8 Å². The second-order valence-corrected chi connectivity index (χ2v) is 18.5. The minimum Gasteiger partial charge on any atom is -0.462 e. The summed E-state index contributed by atoms with van der Waals surface area (Å²) in [5, 5.41) is 0. The van der Waals surface area contributed by atoms with Crippen LogP contribution in [0, 0.1) is 0 Å². The SMILES string of the molecule is CCCCC/C=C/C/C=C/CCCCCCCCCCCC(=O)O[C@H](COC(=O)CCCCCCCCCCCCC/C=C/CCCCCCCC)COP(=O)(O)OCCN. The van der Waals surface area contributed by atoms with Crippen LogP contribution in [0.3, 0.4) is 0 Å². The third-order valence-electron chi connectivity index (χ3n) is 11.0. The van der Waals surface area contributed by atoms with Crippen LogP contribution in [0.4, 0.5) is 0 Å². The first-order valence-electron chi connectivity index (χ1n) is 25.5. The zero-order chi connectivity index (χ0) is 44.6. The molecule has 358 valence electrons. The maximum absolute atomic E-state index is 12.6. The van der Waals surface area contributed by atoms with Crippen LogP contribution in [0.5, 0.6) is 0 Å². The van der Waals surface area contributed by atoms with E-state index >= 15 is 0 Å². The van der Waals surface area contributed by atoms with Crippen molar-refractivity contribution in [1.82, 2.24) is 0 Å². The Bertz CT molecular complexity index is 1100. The fraction of sp³-hybridized carbons (Fsp3) is 0.843. The van der Waals surface area contributed by atoms with Crippen molar-refractivity contribution in [3.63, 3.8) is 0 Å². The fourth-order valence-corrected chi connectivity index (χ4v) is 7.96. The van der Waals surface area contributed by atoms with E-state index in [0.717, 1.165) is 51.4 Å². The number of esters is 2. The molecular weight excluding hydrogens is 786 g/mol. The predicted octanol–water partition coefficient (Wildman–Crippen LogP) is 15.3. The highest BCUT2D eigenvalue weighted by Crippen LogP contribution is 2.43. The molecule has 0 bridgehead atoms. The fourth-order valence-electron chi connectivity index (χ4n) is 7.19. The van der Waals surface area contributed by atoms with E-state index in [-0.39, 0.29) is 38.6 Å². The molecule has 3 N–H and O–H groups in total. The maximum atomic E-state index is 12.6. The van der Waals surface area contributed by atoms with Crippen LogP contribution in [-0.4, -0.2) is 49.3 Å². The molecule has 61 heavy (non-hydrogen) atoms. The lowest BCUT2D eigenvalue weighted by Crippen LogP contribution is -2.29. The van der Waals surface area contributed by atoms with Crippen LogP contribution in [0.25, 0.3) is 0 Å². The number of phosphoric ester groups is 1. The monoisotopic (exact) mass is 882 g/mol. The van der Waals surface area contributed by atoms with Crippen molar-refractivity contribution in [2.45, 2.75) is 251 Å². The Kier molecular flexibility index (Phi) is 46.3. The summed E-state index contributed by atoms with van der Waals surface area (Å²) in [5.74, 6) is -0.826. The molecule has 0 fully saturated rings. The van der Waals surface area contributed by atoms with Crippen molar-refractivity contribution < 1.29 is 37.6 Å². The number of phosphoric acid groups is 1. The molecule has 0 aliphatic heterocycles. The molecule has 0 aromatic rings. The Morgan fingerprint density at radius 2 is 0.852 bits per heavy atom. The van der Waals surface area contributed by atoms with E-state index in [4.69, 9.17) is 24.3 Å². The number of rotatable bonds is 48. The number of hydrogen-bond acceptors (Lipinski definition) is 8. The van der Waals surface area contributed by atoms with Gasteiger partial charge >= 0.3 is 19.8 Å². The molecular formula is C51H96NO8P. The smallest absolute Gasteiger partial charge is 0.462 e. The molecule has 0 spiro atoms. The van der Waals surface area contributed by atoms with Gasteiger partial charge in [-0.3, -0.25) is 18.6 Å². The van der Waals surface area contributed by atoms with E-state index < -0.39 is 26.5 Å². The minimum absolute atomic E-state index is 0.0529. The summed E-state index contributed by atoms with van der Waals surface area (Å²) < 4.78 is 32.9. The van der Waals surface area contributed by atoms with Crippen molar-refractivity contribution in [2.75, 3.05) is 26.4 Å². The molecule has 0 saturated heterocycles. The Balaban J connectivity index is 4.04. The summed E-state index contributed by atoms with van der Waals surface area (Å²) in [4.78, 5) is 35.0. The summed E-state index contributed by atoms with van der Waals surface area (Å²) in [6, 6.07) is 0. The van der Waals surface area contributed by atoms with Crippen LogP contribution in [0.1, 0.15) is 245 Å². The molecule has 0 heterocycles. The number of nitrogens with two attached hydrogens (primary N) is 1. The predicted molar refractivity (Wildman–Crippen MR) is 257 cm³/mol. The third kappa shape index (κ3) is 47.5. The van der Waals surface area contributed by atoms with Crippen LogP contribution in [0.2, 0.25) is 0 Å². The Labute approximate surface area is 375 Å². The number of allylic oxidation sites excluding steroid dienone is 6. The van der Waals surface area contributed by atoms with Crippen molar-refractivity contribution in [1.29, 1.82) is 0 Å². The topological polar surface area (TPSA) is 134 Å². The van der Waals surface area contributed by atoms with E-state index in [0.29, 0.717) is 6.42 Å². The molecule has 9 nitrogen and oxygen atoms in total. The normalized spacial score (nSPS) is 13.4. The van der Waals surface area contributed by atoms with Crippen molar-refractivity contribution in [2.24, 2.45) is 5.73 Å². The number of carbonyl (C=O) groups is 2. The van der Waals surface area contributed by atoms with Gasteiger partial charge in [-0.05, 0) is 70.6 Å². The molecule has 0 aromatic carbocycles. The largest absolute Gasteiger partial charge is 0.472 e. The van der Waals surface area contributed by atoms with Gasteiger partial charge < -0.3 is 20.1 Å². The lowest BCUT2D eigenvalue weighted by atomic mass is 10.0. The van der Waals surface area contributed by atoms with Gasteiger partial charge in [0.1, 0.15) is 6.61 Å².